The molecule has 2 N–H and O–H groups in total. The van der Waals surface area contributed by atoms with Crippen molar-refractivity contribution in [2.45, 2.75) is 12.2 Å². The van der Waals surface area contributed by atoms with Crippen molar-refractivity contribution in [2.24, 2.45) is 0 Å². The molecule has 1 amide bonds. The molecule has 0 aliphatic heterocycles. The molecule has 0 fully saturated rings. The number of carboxylic acid groups (broad SMARTS) is 1. The van der Waals surface area contributed by atoms with E-state index in [1.54, 1.807) is 6.92 Å². The average molecular weight is 360 g/mol. The molecule has 0 heterocycles. The zero-order valence-corrected chi connectivity index (χ0v) is 8.86. The molecule has 4 nitrogen and oxygen atoms in total. The molecule has 0 aliphatic carbocycles. The summed E-state index contributed by atoms with van der Waals surface area (Å²) in [6.07, 6.45) is 0. The third-order valence-corrected chi connectivity index (χ3v) is 1.03. The van der Waals surface area contributed by atoms with Gasteiger partial charge < -0.3 is 10.4 Å². The van der Waals surface area contributed by atoms with Crippen molar-refractivity contribution in [3.63, 3.8) is 0 Å². The molecule has 0 radical (unpaired) electrons. The Bertz CT molecular complexity index is 151. The van der Waals surface area contributed by atoms with Gasteiger partial charge >= 0.3 is 28.3 Å². The van der Waals surface area contributed by atoms with Crippen LogP contribution in [0.3, 0.4) is 0 Å². The quantitative estimate of drug-likeness (QED) is 0.470. The van der Waals surface area contributed by atoms with Gasteiger partial charge in [-0.2, -0.15) is 12.6 Å². The maximum atomic E-state index is 10.6. The maximum absolute atomic E-state index is 10.6. The second kappa shape index (κ2) is 6.72. The molecule has 6 heteroatoms. The van der Waals surface area contributed by atoms with Crippen LogP contribution >= 0.6 is 12.6 Å². The minimum atomic E-state index is -1.05. The van der Waals surface area contributed by atoms with E-state index in [-0.39, 0.29) is 34.8 Å². The number of carbonyl (C=O) groups is 2. The predicted octanol–water partition coefficient (Wildman–Crippen LogP) is -0.497. The van der Waals surface area contributed by atoms with Crippen molar-refractivity contribution >= 4 is 24.5 Å². The third kappa shape index (κ3) is 7.93. The Morgan fingerprint density at radius 3 is 2.36 bits per heavy atom. The van der Waals surface area contributed by atoms with Gasteiger partial charge in [-0.05, 0) is 6.92 Å². The standard InChI is InChI=1S/C5H9NO3S.Au/c1-3(10)5(9)6-2-4(7)8;/h3,10H,2H2,1H3,(H,6,9)(H,7,8);/q;+1. The van der Waals surface area contributed by atoms with Crippen LogP contribution in [0.1, 0.15) is 6.92 Å². The van der Waals surface area contributed by atoms with Crippen LogP contribution in [0.15, 0.2) is 0 Å². The Hall–Kier alpha value is 0.0303. The summed E-state index contributed by atoms with van der Waals surface area (Å²) in [5.41, 5.74) is 0. The van der Waals surface area contributed by atoms with E-state index in [9.17, 15) is 9.59 Å². The Morgan fingerprint density at radius 1 is 1.64 bits per heavy atom. The largest absolute Gasteiger partial charge is 1.00 e. The van der Waals surface area contributed by atoms with E-state index in [0.29, 0.717) is 0 Å². The second-order valence-electron chi connectivity index (χ2n) is 1.79. The van der Waals surface area contributed by atoms with E-state index in [1.807, 2.05) is 0 Å². The smallest absolute Gasteiger partial charge is 0.480 e. The monoisotopic (exact) mass is 360 g/mol. The topological polar surface area (TPSA) is 66.4 Å². The first-order chi connectivity index (χ1) is 4.54. The Balaban J connectivity index is 0. The molecule has 0 aromatic heterocycles. The fourth-order valence-corrected chi connectivity index (χ4v) is 0.402. The summed E-state index contributed by atoms with van der Waals surface area (Å²) in [5.74, 6) is -1.42. The van der Waals surface area contributed by atoms with Crippen LogP contribution in [-0.2, 0) is 32.0 Å². The second-order valence-corrected chi connectivity index (χ2v) is 2.56. The van der Waals surface area contributed by atoms with Crippen molar-refractivity contribution in [3.05, 3.63) is 0 Å². The van der Waals surface area contributed by atoms with Crippen LogP contribution in [0.5, 0.6) is 0 Å². The van der Waals surface area contributed by atoms with E-state index < -0.39 is 11.2 Å². The number of nitrogens with one attached hydrogen (secondary N) is 1. The number of carboxylic acids is 1. The fraction of sp³-hybridized carbons (Fsp3) is 0.600. The zero-order valence-electron chi connectivity index (χ0n) is 5.80. The van der Waals surface area contributed by atoms with E-state index >= 15 is 0 Å². The van der Waals surface area contributed by atoms with Crippen molar-refractivity contribution in [2.75, 3.05) is 6.54 Å². The third-order valence-electron chi connectivity index (χ3n) is 0.793. The molecular weight excluding hydrogens is 351 g/mol. The van der Waals surface area contributed by atoms with E-state index in [0.717, 1.165) is 0 Å². The number of carbonyl (C=O) groups excluding carboxylic acids is 1. The molecule has 0 aromatic carbocycles. The normalized spacial score (nSPS) is 11.1. The average Bonchev–Trinajstić information content (AvgIpc) is 1.82. The molecule has 0 spiro atoms. The molecule has 0 aromatic rings. The molecule has 1 atom stereocenters. The number of thiol groups is 1. The first kappa shape index (κ1) is 13.6. The SMILES string of the molecule is CC(S)C(=O)NCC(=O)O.[Au+]. The predicted molar refractivity (Wildman–Crippen MR) is 39.1 cm³/mol. The summed E-state index contributed by atoms with van der Waals surface area (Å²) in [6.45, 7) is 1.23. The Labute approximate surface area is 85.7 Å². The van der Waals surface area contributed by atoms with Gasteiger partial charge in [-0.25, -0.2) is 0 Å². The fourth-order valence-electron chi connectivity index (χ4n) is 0.310. The van der Waals surface area contributed by atoms with Gasteiger partial charge in [0.1, 0.15) is 6.54 Å². The van der Waals surface area contributed by atoms with E-state index in [2.05, 4.69) is 17.9 Å². The molecule has 11 heavy (non-hydrogen) atoms. The first-order valence-electron chi connectivity index (χ1n) is 2.71. The Morgan fingerprint density at radius 2 is 2.09 bits per heavy atom. The first-order valence-corrected chi connectivity index (χ1v) is 3.23. The summed E-state index contributed by atoms with van der Waals surface area (Å²) in [4.78, 5) is 20.5. The van der Waals surface area contributed by atoms with Crippen LogP contribution in [0.4, 0.5) is 0 Å². The number of hydrogen-bond donors (Lipinski definition) is 3. The van der Waals surface area contributed by atoms with Gasteiger partial charge in [0.15, 0.2) is 0 Å². The van der Waals surface area contributed by atoms with E-state index in [1.165, 1.54) is 0 Å². The van der Waals surface area contributed by atoms with Gasteiger partial charge in [0.05, 0.1) is 5.25 Å². The molecule has 0 saturated carbocycles. The summed E-state index contributed by atoms with van der Waals surface area (Å²) >= 11 is 3.79. The van der Waals surface area contributed by atoms with Crippen molar-refractivity contribution in [1.29, 1.82) is 0 Å². The van der Waals surface area contributed by atoms with Crippen LogP contribution in [0.25, 0.3) is 0 Å². The van der Waals surface area contributed by atoms with Crippen molar-refractivity contribution in [3.8, 4) is 0 Å². The van der Waals surface area contributed by atoms with Crippen LogP contribution in [0, 0.1) is 0 Å². The van der Waals surface area contributed by atoms with E-state index in [4.69, 9.17) is 5.11 Å². The van der Waals surface area contributed by atoms with Gasteiger partial charge in [0.25, 0.3) is 0 Å². The van der Waals surface area contributed by atoms with Crippen molar-refractivity contribution < 1.29 is 37.1 Å². The molecule has 0 rings (SSSR count). The number of aliphatic carboxylic acids is 1. The maximum Gasteiger partial charge on any atom is 1.00 e. The van der Waals surface area contributed by atoms with Crippen LogP contribution in [-0.4, -0.2) is 28.8 Å². The zero-order chi connectivity index (χ0) is 8.15. The van der Waals surface area contributed by atoms with Crippen molar-refractivity contribution in [1.82, 2.24) is 5.32 Å². The molecule has 0 bridgehead atoms. The van der Waals surface area contributed by atoms with Crippen LogP contribution in [0.2, 0.25) is 0 Å². The Kier molecular flexibility index (Phi) is 8.32. The number of hydrogen-bond acceptors (Lipinski definition) is 3. The van der Waals surface area contributed by atoms with Gasteiger partial charge in [-0.1, -0.05) is 0 Å². The molecule has 1 unspecified atom stereocenters. The summed E-state index contributed by atoms with van der Waals surface area (Å²) < 4.78 is 0. The van der Waals surface area contributed by atoms with Crippen LogP contribution < -0.4 is 5.32 Å². The van der Waals surface area contributed by atoms with Gasteiger partial charge in [0, 0.05) is 0 Å². The minimum Gasteiger partial charge on any atom is -0.480 e. The number of rotatable bonds is 3. The molecule has 0 saturated heterocycles. The molecule has 0 aliphatic rings. The number of amides is 1. The van der Waals surface area contributed by atoms with Gasteiger partial charge in [-0.3, -0.25) is 9.59 Å². The van der Waals surface area contributed by atoms with Gasteiger partial charge in [-0.15, -0.1) is 0 Å². The summed E-state index contributed by atoms with van der Waals surface area (Å²) in [5, 5.41) is 9.81. The minimum absolute atomic E-state index is 0. The molecule has 68 valence electrons. The molecular formula is C5H9AuNO3S+. The van der Waals surface area contributed by atoms with Gasteiger partial charge in [0.2, 0.25) is 5.91 Å². The summed E-state index contributed by atoms with van der Waals surface area (Å²) in [6, 6.07) is 0. The summed E-state index contributed by atoms with van der Waals surface area (Å²) in [7, 11) is 0.